The third kappa shape index (κ3) is 4.95. The lowest BCUT2D eigenvalue weighted by Gasteiger charge is -2.34. The van der Waals surface area contributed by atoms with E-state index in [0.29, 0.717) is 62.3 Å². The first kappa shape index (κ1) is 24.4. The van der Waals surface area contributed by atoms with Crippen LogP contribution in [-0.4, -0.2) is 69.9 Å². The molecule has 0 spiro atoms. The molecule has 9 nitrogen and oxygen atoms in total. The van der Waals surface area contributed by atoms with E-state index in [2.05, 4.69) is 25.2 Å². The van der Waals surface area contributed by atoms with Gasteiger partial charge in [0.2, 0.25) is 17.8 Å². The van der Waals surface area contributed by atoms with Crippen molar-refractivity contribution in [2.24, 2.45) is 0 Å². The number of para-hydroxylation sites is 2. The van der Waals surface area contributed by atoms with Gasteiger partial charge in [0.05, 0.1) is 24.2 Å². The highest BCUT2D eigenvalue weighted by molar-refractivity contribution is 5.77. The molecule has 198 valence electrons. The molecule has 4 aromatic rings. The normalized spacial score (nSPS) is 16.9. The van der Waals surface area contributed by atoms with Crippen LogP contribution in [-0.2, 0) is 4.74 Å². The summed E-state index contributed by atoms with van der Waals surface area (Å²) in [5.41, 5.74) is 1.83. The minimum atomic E-state index is -2.80. The minimum absolute atomic E-state index is 0.118. The number of nitrogens with zero attached hydrogens (tertiary/aromatic N) is 7. The molecular weight excluding hydrogens is 497 g/mol. The zero-order chi connectivity index (χ0) is 26.1. The van der Waals surface area contributed by atoms with E-state index in [4.69, 9.17) is 9.72 Å². The van der Waals surface area contributed by atoms with E-state index in [1.165, 1.54) is 16.7 Å². The number of aromatic nitrogens is 5. The van der Waals surface area contributed by atoms with E-state index < -0.39 is 12.2 Å². The fraction of sp³-hybridized carbons (Fsp3) is 0.385. The monoisotopic (exact) mass is 524 g/mol. The number of alkyl halides is 2. The maximum Gasteiger partial charge on any atom is 0.296 e. The van der Waals surface area contributed by atoms with Crippen molar-refractivity contribution in [3.8, 4) is 5.95 Å². The number of halogens is 3. The topological polar surface area (TPSA) is 84.2 Å². The van der Waals surface area contributed by atoms with Crippen LogP contribution in [0.4, 0.5) is 30.8 Å². The summed E-state index contributed by atoms with van der Waals surface area (Å²) in [6, 6.07) is 13.5. The molecule has 1 N–H and O–H groups in total. The summed E-state index contributed by atoms with van der Waals surface area (Å²) in [4.78, 5) is 22.3. The lowest BCUT2D eigenvalue weighted by Crippen LogP contribution is -2.41. The van der Waals surface area contributed by atoms with Crippen molar-refractivity contribution >= 4 is 28.6 Å². The highest BCUT2D eigenvalue weighted by atomic mass is 19.3. The van der Waals surface area contributed by atoms with Gasteiger partial charge < -0.3 is 19.9 Å². The van der Waals surface area contributed by atoms with Gasteiger partial charge in [-0.05, 0) is 49.2 Å². The van der Waals surface area contributed by atoms with E-state index in [-0.39, 0.29) is 17.8 Å². The van der Waals surface area contributed by atoms with E-state index in [9.17, 15) is 13.2 Å². The molecule has 0 bridgehead atoms. The second-order valence-corrected chi connectivity index (χ2v) is 9.34. The third-order valence-corrected chi connectivity index (χ3v) is 6.87. The maximum absolute atomic E-state index is 14.1. The van der Waals surface area contributed by atoms with E-state index in [1.807, 2.05) is 4.90 Å². The number of nitrogens with one attached hydrogen (secondary N) is 1. The standard InChI is InChI=1S/C26H27F3N8O/c27-17-5-7-18(8-6-17)30-19-9-11-35(12-10-19)24-32-25(36-13-15-38-16-14-36)34-26(33-24)37-21-4-2-1-3-20(21)31-23(37)22(28)29/h1-8,19,22,30H,9-16H2. The fourth-order valence-electron chi connectivity index (χ4n) is 4.90. The highest BCUT2D eigenvalue weighted by Crippen LogP contribution is 2.29. The Hall–Kier alpha value is -3.93. The predicted octanol–water partition coefficient (Wildman–Crippen LogP) is 4.20. The molecule has 0 unspecified atom stereocenters. The molecule has 2 aliphatic rings. The number of rotatable bonds is 6. The smallest absolute Gasteiger partial charge is 0.296 e. The number of benzene rings is 2. The summed E-state index contributed by atoms with van der Waals surface area (Å²) >= 11 is 0. The van der Waals surface area contributed by atoms with Crippen LogP contribution in [0.15, 0.2) is 48.5 Å². The Kier molecular flexibility index (Phi) is 6.71. The molecule has 4 heterocycles. The van der Waals surface area contributed by atoms with Gasteiger partial charge in [0.25, 0.3) is 6.43 Å². The van der Waals surface area contributed by atoms with Crippen molar-refractivity contribution in [1.29, 1.82) is 0 Å². The lowest BCUT2D eigenvalue weighted by atomic mass is 10.0. The number of piperidine rings is 1. The second kappa shape index (κ2) is 10.4. The molecular formula is C26H27F3N8O. The zero-order valence-electron chi connectivity index (χ0n) is 20.6. The highest BCUT2D eigenvalue weighted by Gasteiger charge is 2.27. The number of ether oxygens (including phenoxy) is 1. The largest absolute Gasteiger partial charge is 0.382 e. The van der Waals surface area contributed by atoms with Crippen LogP contribution >= 0.6 is 0 Å². The summed E-state index contributed by atoms with van der Waals surface area (Å²) in [6.45, 7) is 3.59. The van der Waals surface area contributed by atoms with Crippen molar-refractivity contribution in [2.45, 2.75) is 25.3 Å². The van der Waals surface area contributed by atoms with Gasteiger partial charge in [0.15, 0.2) is 5.82 Å². The van der Waals surface area contributed by atoms with Gasteiger partial charge in [-0.15, -0.1) is 0 Å². The number of hydrogen-bond donors (Lipinski definition) is 1. The SMILES string of the molecule is Fc1ccc(NC2CCN(c3nc(N4CCOCC4)nc(-n4c(C(F)F)nc5ccccc54)n3)CC2)cc1. The van der Waals surface area contributed by atoms with Gasteiger partial charge in [0.1, 0.15) is 5.82 Å². The molecule has 2 fully saturated rings. The van der Waals surface area contributed by atoms with Crippen LogP contribution in [0.25, 0.3) is 17.0 Å². The third-order valence-electron chi connectivity index (χ3n) is 6.87. The number of morpholine rings is 1. The Balaban J connectivity index is 1.32. The van der Waals surface area contributed by atoms with Gasteiger partial charge in [-0.25, -0.2) is 18.2 Å². The van der Waals surface area contributed by atoms with Gasteiger partial charge in [-0.3, -0.25) is 4.57 Å². The van der Waals surface area contributed by atoms with Crippen molar-refractivity contribution in [3.63, 3.8) is 0 Å². The van der Waals surface area contributed by atoms with Crippen LogP contribution in [0.5, 0.6) is 0 Å². The first-order chi connectivity index (χ1) is 18.5. The van der Waals surface area contributed by atoms with E-state index in [0.717, 1.165) is 18.5 Å². The molecule has 2 aromatic heterocycles. The Morgan fingerprint density at radius 1 is 0.789 bits per heavy atom. The molecule has 0 radical (unpaired) electrons. The number of imidazole rings is 1. The number of fused-ring (bicyclic) bond motifs is 1. The average molecular weight is 525 g/mol. The molecule has 12 heteroatoms. The summed E-state index contributed by atoms with van der Waals surface area (Å²) in [6.07, 6.45) is -1.19. The van der Waals surface area contributed by atoms with Crippen molar-refractivity contribution in [3.05, 3.63) is 60.2 Å². The van der Waals surface area contributed by atoms with Crippen LogP contribution in [0.1, 0.15) is 25.1 Å². The van der Waals surface area contributed by atoms with Gasteiger partial charge in [-0.1, -0.05) is 12.1 Å². The molecule has 0 amide bonds. The average Bonchev–Trinajstić information content (AvgIpc) is 3.35. The molecule has 0 saturated carbocycles. The molecule has 2 aromatic carbocycles. The second-order valence-electron chi connectivity index (χ2n) is 9.34. The fourth-order valence-corrected chi connectivity index (χ4v) is 4.90. The summed E-state index contributed by atoms with van der Waals surface area (Å²) in [5.74, 6) is 0.311. The van der Waals surface area contributed by atoms with Crippen molar-refractivity contribution in [1.82, 2.24) is 24.5 Å². The van der Waals surface area contributed by atoms with Crippen LogP contribution in [0.3, 0.4) is 0 Å². The van der Waals surface area contributed by atoms with Crippen LogP contribution < -0.4 is 15.1 Å². The molecule has 38 heavy (non-hydrogen) atoms. The quantitative estimate of drug-likeness (QED) is 0.402. The summed E-state index contributed by atoms with van der Waals surface area (Å²) < 4.78 is 48.2. The first-order valence-electron chi connectivity index (χ1n) is 12.7. The number of anilines is 3. The Labute approximate surface area is 217 Å². The van der Waals surface area contributed by atoms with Crippen LogP contribution in [0.2, 0.25) is 0 Å². The Morgan fingerprint density at radius 2 is 1.42 bits per heavy atom. The Morgan fingerprint density at radius 3 is 2.11 bits per heavy atom. The molecule has 0 atom stereocenters. The maximum atomic E-state index is 14.1. The van der Waals surface area contributed by atoms with Crippen molar-refractivity contribution < 1.29 is 17.9 Å². The minimum Gasteiger partial charge on any atom is -0.382 e. The van der Waals surface area contributed by atoms with Gasteiger partial charge >= 0.3 is 0 Å². The molecule has 2 aliphatic heterocycles. The first-order valence-corrected chi connectivity index (χ1v) is 12.7. The summed E-state index contributed by atoms with van der Waals surface area (Å²) in [7, 11) is 0. The number of hydrogen-bond acceptors (Lipinski definition) is 8. The van der Waals surface area contributed by atoms with E-state index >= 15 is 0 Å². The summed E-state index contributed by atoms with van der Waals surface area (Å²) in [5, 5.41) is 3.45. The van der Waals surface area contributed by atoms with E-state index in [1.54, 1.807) is 36.4 Å². The molecule has 6 rings (SSSR count). The van der Waals surface area contributed by atoms with Crippen molar-refractivity contribution in [2.75, 3.05) is 54.5 Å². The Bertz CT molecular complexity index is 1400. The van der Waals surface area contributed by atoms with Crippen LogP contribution in [0, 0.1) is 5.82 Å². The molecule has 2 saturated heterocycles. The molecule has 0 aliphatic carbocycles. The predicted molar refractivity (Wildman–Crippen MR) is 138 cm³/mol. The lowest BCUT2D eigenvalue weighted by molar-refractivity contribution is 0.122. The zero-order valence-corrected chi connectivity index (χ0v) is 20.6. The van der Waals surface area contributed by atoms with Gasteiger partial charge in [0, 0.05) is 37.9 Å². The van der Waals surface area contributed by atoms with Gasteiger partial charge in [-0.2, -0.15) is 15.0 Å².